The van der Waals surface area contributed by atoms with Crippen LogP contribution in [0.2, 0.25) is 0 Å². The quantitative estimate of drug-likeness (QED) is 0.875. The molecule has 25 heavy (non-hydrogen) atoms. The third kappa shape index (κ3) is 4.76. The highest BCUT2D eigenvalue weighted by Gasteiger charge is 2.24. The van der Waals surface area contributed by atoms with Crippen LogP contribution in [-0.4, -0.2) is 47.6 Å². The fraction of sp³-hybridized carbons (Fsp3) is 0.421. The van der Waals surface area contributed by atoms with Crippen molar-refractivity contribution >= 4 is 11.7 Å². The van der Waals surface area contributed by atoms with Gasteiger partial charge in [0, 0.05) is 45.3 Å². The molecule has 6 nitrogen and oxygen atoms in total. The number of carbonyl (C=O) groups is 1. The molecule has 1 saturated heterocycles. The van der Waals surface area contributed by atoms with Crippen molar-refractivity contribution in [3.05, 3.63) is 54.0 Å². The number of nitrogens with one attached hydrogen (secondary N) is 1. The van der Waals surface area contributed by atoms with Gasteiger partial charge in [-0.2, -0.15) is 0 Å². The van der Waals surface area contributed by atoms with Gasteiger partial charge in [0.25, 0.3) is 5.91 Å². The molecule has 132 valence electrons. The van der Waals surface area contributed by atoms with E-state index >= 15 is 0 Å². The summed E-state index contributed by atoms with van der Waals surface area (Å²) >= 11 is 0. The van der Waals surface area contributed by atoms with E-state index in [0.29, 0.717) is 24.6 Å². The van der Waals surface area contributed by atoms with Gasteiger partial charge in [-0.25, -0.2) is 4.98 Å². The molecule has 1 aliphatic rings. The van der Waals surface area contributed by atoms with E-state index in [1.807, 2.05) is 35.4 Å². The van der Waals surface area contributed by atoms with Gasteiger partial charge < -0.3 is 15.0 Å². The largest absolute Gasteiger partial charge is 0.384 e. The summed E-state index contributed by atoms with van der Waals surface area (Å²) in [5, 5.41) is 3.24. The number of likely N-dealkylation sites (tertiary alicyclic amines) is 1. The topological polar surface area (TPSA) is 67.3 Å². The van der Waals surface area contributed by atoms with E-state index in [1.165, 1.54) is 0 Å². The maximum Gasteiger partial charge on any atom is 0.255 e. The Morgan fingerprint density at radius 1 is 1.36 bits per heavy atom. The Morgan fingerprint density at radius 2 is 2.28 bits per heavy atom. The van der Waals surface area contributed by atoms with Gasteiger partial charge >= 0.3 is 0 Å². The van der Waals surface area contributed by atoms with Gasteiger partial charge in [-0.05, 0) is 42.5 Å². The van der Waals surface area contributed by atoms with Gasteiger partial charge in [0.1, 0.15) is 5.82 Å². The van der Waals surface area contributed by atoms with Crippen LogP contribution >= 0.6 is 0 Å². The minimum absolute atomic E-state index is 0.0483. The predicted octanol–water partition coefficient (Wildman–Crippen LogP) is 2.59. The first-order chi connectivity index (χ1) is 12.3. The number of carbonyl (C=O) groups excluding carboxylic acids is 1. The first-order valence-electron chi connectivity index (χ1n) is 8.63. The van der Waals surface area contributed by atoms with Crippen molar-refractivity contribution in [1.82, 2.24) is 14.9 Å². The van der Waals surface area contributed by atoms with Crippen molar-refractivity contribution in [2.24, 2.45) is 5.92 Å². The molecule has 0 aliphatic carbocycles. The van der Waals surface area contributed by atoms with Crippen LogP contribution < -0.4 is 5.32 Å². The summed E-state index contributed by atoms with van der Waals surface area (Å²) in [7, 11) is 1.71. The van der Waals surface area contributed by atoms with Crippen LogP contribution in [0.5, 0.6) is 0 Å². The van der Waals surface area contributed by atoms with Crippen molar-refractivity contribution in [3.8, 4) is 0 Å². The van der Waals surface area contributed by atoms with Crippen LogP contribution in [0, 0.1) is 5.92 Å². The van der Waals surface area contributed by atoms with Gasteiger partial charge in [0.05, 0.1) is 12.2 Å². The van der Waals surface area contributed by atoms with Gasteiger partial charge in [-0.1, -0.05) is 6.07 Å². The van der Waals surface area contributed by atoms with E-state index in [2.05, 4.69) is 15.3 Å². The fourth-order valence-corrected chi connectivity index (χ4v) is 3.12. The number of hydrogen-bond acceptors (Lipinski definition) is 5. The molecule has 0 unspecified atom stereocenters. The highest BCUT2D eigenvalue weighted by atomic mass is 16.5. The molecular weight excluding hydrogens is 316 g/mol. The number of aromatic nitrogens is 2. The fourth-order valence-electron chi connectivity index (χ4n) is 3.12. The van der Waals surface area contributed by atoms with Crippen LogP contribution in [0.3, 0.4) is 0 Å². The lowest BCUT2D eigenvalue weighted by molar-refractivity contribution is 0.0570. The maximum atomic E-state index is 12.7. The van der Waals surface area contributed by atoms with Gasteiger partial charge in [0.15, 0.2) is 0 Å². The Kier molecular flexibility index (Phi) is 5.95. The molecule has 2 aromatic heterocycles. The average Bonchev–Trinajstić information content (AvgIpc) is 2.67. The zero-order valence-corrected chi connectivity index (χ0v) is 14.5. The SMILES string of the molecule is COC[C@H]1CCCN(C(=O)c2ccc(NCc3cccnc3)nc2)C1. The lowest BCUT2D eigenvalue weighted by atomic mass is 9.98. The van der Waals surface area contributed by atoms with E-state index in [4.69, 9.17) is 4.74 Å². The van der Waals surface area contributed by atoms with Gasteiger partial charge in [-0.15, -0.1) is 0 Å². The number of nitrogens with zero attached hydrogens (tertiary/aromatic N) is 3. The zero-order chi connectivity index (χ0) is 17.5. The zero-order valence-electron chi connectivity index (χ0n) is 14.5. The second-order valence-corrected chi connectivity index (χ2v) is 6.36. The number of amides is 1. The normalized spacial score (nSPS) is 17.3. The van der Waals surface area contributed by atoms with Crippen molar-refractivity contribution in [1.29, 1.82) is 0 Å². The summed E-state index contributed by atoms with van der Waals surface area (Å²) in [6.45, 7) is 2.92. The molecule has 1 atom stereocenters. The Bertz CT molecular complexity index is 674. The number of anilines is 1. The number of methoxy groups -OCH3 is 1. The summed E-state index contributed by atoms with van der Waals surface area (Å²) in [5.74, 6) is 1.22. The summed E-state index contributed by atoms with van der Waals surface area (Å²) in [6.07, 6.45) is 7.36. The summed E-state index contributed by atoms with van der Waals surface area (Å²) < 4.78 is 5.23. The first kappa shape index (κ1) is 17.4. The highest BCUT2D eigenvalue weighted by molar-refractivity contribution is 5.94. The molecule has 0 saturated carbocycles. The van der Waals surface area contributed by atoms with Crippen LogP contribution in [0.25, 0.3) is 0 Å². The molecule has 3 heterocycles. The Labute approximate surface area is 148 Å². The Hall–Kier alpha value is -2.47. The molecule has 1 N–H and O–H groups in total. The molecular formula is C19H24N4O2. The summed E-state index contributed by atoms with van der Waals surface area (Å²) in [4.78, 5) is 23.0. The number of pyridine rings is 2. The van der Waals surface area contributed by atoms with E-state index in [9.17, 15) is 4.79 Å². The molecule has 0 spiro atoms. The van der Waals surface area contributed by atoms with E-state index in [1.54, 1.807) is 19.5 Å². The monoisotopic (exact) mass is 340 g/mol. The van der Waals surface area contributed by atoms with Crippen molar-refractivity contribution in [3.63, 3.8) is 0 Å². The van der Waals surface area contributed by atoms with Crippen LogP contribution in [-0.2, 0) is 11.3 Å². The number of rotatable bonds is 6. The molecule has 1 amide bonds. The third-order valence-electron chi connectivity index (χ3n) is 4.42. The summed E-state index contributed by atoms with van der Waals surface area (Å²) in [5.41, 5.74) is 1.71. The number of piperidine rings is 1. The van der Waals surface area contributed by atoms with E-state index < -0.39 is 0 Å². The highest BCUT2D eigenvalue weighted by Crippen LogP contribution is 2.19. The minimum atomic E-state index is 0.0483. The molecule has 1 aliphatic heterocycles. The smallest absolute Gasteiger partial charge is 0.255 e. The maximum absolute atomic E-state index is 12.7. The predicted molar refractivity (Wildman–Crippen MR) is 96.3 cm³/mol. The van der Waals surface area contributed by atoms with Gasteiger partial charge in [-0.3, -0.25) is 9.78 Å². The molecule has 1 fully saturated rings. The van der Waals surface area contributed by atoms with Crippen LogP contribution in [0.1, 0.15) is 28.8 Å². The Balaban J connectivity index is 1.57. The van der Waals surface area contributed by atoms with E-state index in [0.717, 1.165) is 37.3 Å². The van der Waals surface area contributed by atoms with Crippen molar-refractivity contribution in [2.45, 2.75) is 19.4 Å². The molecule has 0 bridgehead atoms. The third-order valence-corrected chi connectivity index (χ3v) is 4.42. The molecule has 6 heteroatoms. The first-order valence-corrected chi connectivity index (χ1v) is 8.63. The van der Waals surface area contributed by atoms with Crippen LogP contribution in [0.15, 0.2) is 42.9 Å². The second-order valence-electron chi connectivity index (χ2n) is 6.36. The number of ether oxygens (including phenoxy) is 1. The summed E-state index contributed by atoms with van der Waals surface area (Å²) in [6, 6.07) is 7.59. The Morgan fingerprint density at radius 3 is 3.00 bits per heavy atom. The average molecular weight is 340 g/mol. The minimum Gasteiger partial charge on any atom is -0.384 e. The number of hydrogen-bond donors (Lipinski definition) is 1. The standard InChI is InChI=1S/C19H24N4O2/c1-25-14-16-5-3-9-23(13-16)19(24)17-6-7-18(22-12-17)21-11-15-4-2-8-20-10-15/h2,4,6-8,10,12,16H,3,5,9,11,13-14H2,1H3,(H,21,22)/t16-/m0/s1. The van der Waals surface area contributed by atoms with Crippen LogP contribution in [0.4, 0.5) is 5.82 Å². The molecule has 0 radical (unpaired) electrons. The van der Waals surface area contributed by atoms with E-state index in [-0.39, 0.29) is 5.91 Å². The second kappa shape index (κ2) is 8.58. The molecule has 2 aromatic rings. The van der Waals surface area contributed by atoms with Crippen molar-refractivity contribution < 1.29 is 9.53 Å². The van der Waals surface area contributed by atoms with Crippen molar-refractivity contribution in [2.75, 3.05) is 32.1 Å². The van der Waals surface area contributed by atoms with Gasteiger partial charge in [0.2, 0.25) is 0 Å². The lowest BCUT2D eigenvalue weighted by Gasteiger charge is -2.32. The molecule has 3 rings (SSSR count). The lowest BCUT2D eigenvalue weighted by Crippen LogP contribution is -2.41. The molecule has 0 aromatic carbocycles.